The van der Waals surface area contributed by atoms with Crippen molar-refractivity contribution in [3.8, 4) is 0 Å². The molecular formula is C20H14BrI. The summed E-state index contributed by atoms with van der Waals surface area (Å²) in [6, 6.07) is 21.2. The van der Waals surface area contributed by atoms with Gasteiger partial charge < -0.3 is 0 Å². The lowest BCUT2D eigenvalue weighted by molar-refractivity contribution is 1.61. The van der Waals surface area contributed by atoms with E-state index in [4.69, 9.17) is 0 Å². The molecule has 0 saturated carbocycles. The molecule has 0 aromatic heterocycles. The van der Waals surface area contributed by atoms with Crippen molar-refractivity contribution in [1.29, 1.82) is 0 Å². The Labute approximate surface area is 152 Å². The number of fused-ring (bicyclic) bond motifs is 1. The lowest BCUT2D eigenvalue weighted by Gasteiger charge is -2.04. The van der Waals surface area contributed by atoms with E-state index in [9.17, 15) is 0 Å². The highest BCUT2D eigenvalue weighted by Crippen LogP contribution is 2.27. The summed E-state index contributed by atoms with van der Waals surface area (Å²) in [6.45, 7) is 0. The van der Waals surface area contributed by atoms with Crippen LogP contribution in [0.3, 0.4) is 0 Å². The monoisotopic (exact) mass is 460 g/mol. The summed E-state index contributed by atoms with van der Waals surface area (Å²) < 4.78 is 2.39. The molecule has 0 amide bonds. The Morgan fingerprint density at radius 2 is 1.41 bits per heavy atom. The molecule has 0 spiro atoms. The Balaban J connectivity index is 1.84. The summed E-state index contributed by atoms with van der Waals surface area (Å²) in [5.74, 6) is 0. The first-order valence-corrected chi connectivity index (χ1v) is 8.89. The molecule has 0 nitrogen and oxygen atoms in total. The Morgan fingerprint density at radius 3 is 2.18 bits per heavy atom. The lowest BCUT2D eigenvalue weighted by Crippen LogP contribution is -1.79. The first kappa shape index (κ1) is 15.5. The maximum atomic E-state index is 3.61. The van der Waals surface area contributed by atoms with Crippen LogP contribution in [0.5, 0.6) is 0 Å². The van der Waals surface area contributed by atoms with Crippen molar-refractivity contribution in [2.24, 2.45) is 0 Å². The normalized spacial score (nSPS) is 11.7. The third kappa shape index (κ3) is 3.68. The van der Waals surface area contributed by atoms with Crippen LogP contribution < -0.4 is 0 Å². The molecule has 0 radical (unpaired) electrons. The fourth-order valence-electron chi connectivity index (χ4n) is 2.33. The summed E-state index contributed by atoms with van der Waals surface area (Å²) in [6.07, 6.45) is 8.44. The van der Waals surface area contributed by atoms with Crippen LogP contribution in [0.2, 0.25) is 0 Å². The van der Waals surface area contributed by atoms with E-state index >= 15 is 0 Å². The number of halogens is 2. The zero-order chi connectivity index (χ0) is 15.4. The Morgan fingerprint density at radius 1 is 0.727 bits per heavy atom. The maximum absolute atomic E-state index is 3.61. The second kappa shape index (κ2) is 7.25. The third-order valence-corrected chi connectivity index (χ3v) is 4.86. The zero-order valence-electron chi connectivity index (χ0n) is 11.8. The minimum atomic E-state index is 1.13. The van der Waals surface area contributed by atoms with Gasteiger partial charge in [-0.3, -0.25) is 0 Å². The van der Waals surface area contributed by atoms with Gasteiger partial charge in [0.25, 0.3) is 0 Å². The van der Waals surface area contributed by atoms with Crippen molar-refractivity contribution in [2.75, 3.05) is 0 Å². The number of hydrogen-bond acceptors (Lipinski definition) is 0. The molecule has 0 aliphatic heterocycles. The average molecular weight is 461 g/mol. The molecule has 0 bridgehead atoms. The minimum Gasteiger partial charge on any atom is -0.0617 e. The summed E-state index contributed by atoms with van der Waals surface area (Å²) in [7, 11) is 0. The fourth-order valence-corrected chi connectivity index (χ4v) is 3.17. The largest absolute Gasteiger partial charge is 0.0617 e. The average Bonchev–Trinajstić information content (AvgIpc) is 2.55. The van der Waals surface area contributed by atoms with E-state index in [2.05, 4.69) is 123 Å². The topological polar surface area (TPSA) is 0 Å². The Kier molecular flexibility index (Phi) is 5.11. The van der Waals surface area contributed by atoms with Crippen molar-refractivity contribution < 1.29 is 0 Å². The Bertz CT molecular complexity index is 845. The van der Waals surface area contributed by atoms with Gasteiger partial charge in [0.2, 0.25) is 0 Å². The van der Waals surface area contributed by atoms with Crippen LogP contribution >= 0.6 is 38.5 Å². The van der Waals surface area contributed by atoms with Gasteiger partial charge in [-0.25, -0.2) is 0 Å². The van der Waals surface area contributed by atoms with Crippen LogP contribution in [0.25, 0.3) is 22.9 Å². The van der Waals surface area contributed by atoms with E-state index < -0.39 is 0 Å². The molecule has 3 aromatic carbocycles. The van der Waals surface area contributed by atoms with Crippen LogP contribution in [0.15, 0.2) is 77.3 Å². The second-order valence-electron chi connectivity index (χ2n) is 4.95. The number of hydrogen-bond donors (Lipinski definition) is 0. The van der Waals surface area contributed by atoms with E-state index in [0.717, 1.165) is 4.47 Å². The summed E-state index contributed by atoms with van der Waals surface area (Å²) in [5.41, 5.74) is 2.44. The van der Waals surface area contributed by atoms with Crippen molar-refractivity contribution in [3.63, 3.8) is 0 Å². The van der Waals surface area contributed by atoms with Gasteiger partial charge in [0.15, 0.2) is 0 Å². The highest BCUT2D eigenvalue weighted by atomic mass is 127. The molecule has 0 aliphatic rings. The number of benzene rings is 3. The highest BCUT2D eigenvalue weighted by molar-refractivity contribution is 14.1. The summed E-state index contributed by atoms with van der Waals surface area (Å²) in [4.78, 5) is 0. The third-order valence-electron chi connectivity index (χ3n) is 3.45. The van der Waals surface area contributed by atoms with Crippen molar-refractivity contribution >= 4 is 61.4 Å². The molecule has 0 aliphatic carbocycles. The van der Waals surface area contributed by atoms with E-state index in [-0.39, 0.29) is 0 Å². The van der Waals surface area contributed by atoms with Crippen LogP contribution in [0.4, 0.5) is 0 Å². The standard InChI is InChI=1S/C20H14BrI/c21-20-14-11-16(18-7-3-4-8-19(18)20)6-2-1-5-15-9-12-17(22)13-10-15/h1-14H/b5-1+,6-2+. The van der Waals surface area contributed by atoms with E-state index in [1.165, 1.54) is 25.5 Å². The van der Waals surface area contributed by atoms with Crippen LogP contribution in [0.1, 0.15) is 11.1 Å². The maximum Gasteiger partial charge on any atom is 0.0254 e. The molecule has 2 heteroatoms. The second-order valence-corrected chi connectivity index (χ2v) is 7.05. The van der Waals surface area contributed by atoms with Crippen LogP contribution in [0, 0.1) is 3.57 Å². The van der Waals surface area contributed by atoms with E-state index in [1.807, 2.05) is 0 Å². The Hall–Kier alpha value is -1.39. The van der Waals surface area contributed by atoms with Gasteiger partial charge in [0.1, 0.15) is 0 Å². The van der Waals surface area contributed by atoms with Crippen LogP contribution in [-0.2, 0) is 0 Å². The highest BCUT2D eigenvalue weighted by Gasteiger charge is 2.00. The summed E-state index contributed by atoms with van der Waals surface area (Å²) in [5, 5.41) is 2.50. The van der Waals surface area contributed by atoms with Gasteiger partial charge >= 0.3 is 0 Å². The van der Waals surface area contributed by atoms with Gasteiger partial charge in [0.05, 0.1) is 0 Å². The van der Waals surface area contributed by atoms with E-state index in [0.29, 0.717) is 0 Å². The van der Waals surface area contributed by atoms with Crippen LogP contribution in [-0.4, -0.2) is 0 Å². The molecule has 108 valence electrons. The minimum absolute atomic E-state index is 1.13. The molecule has 3 rings (SSSR count). The van der Waals surface area contributed by atoms with E-state index in [1.54, 1.807) is 0 Å². The molecular weight excluding hydrogens is 447 g/mol. The number of allylic oxidation sites excluding steroid dienone is 2. The predicted molar refractivity (Wildman–Crippen MR) is 109 cm³/mol. The van der Waals surface area contributed by atoms with Gasteiger partial charge in [-0.15, -0.1) is 0 Å². The molecule has 0 unspecified atom stereocenters. The van der Waals surface area contributed by atoms with Gasteiger partial charge in [-0.05, 0) is 62.7 Å². The molecule has 0 heterocycles. The fraction of sp³-hybridized carbons (Fsp3) is 0. The first-order valence-electron chi connectivity index (χ1n) is 7.01. The molecule has 22 heavy (non-hydrogen) atoms. The molecule has 3 aromatic rings. The van der Waals surface area contributed by atoms with Crippen molar-refractivity contribution in [3.05, 3.63) is 92.0 Å². The summed E-state index contributed by atoms with van der Waals surface area (Å²) >= 11 is 5.93. The molecule has 0 saturated heterocycles. The zero-order valence-corrected chi connectivity index (χ0v) is 15.6. The van der Waals surface area contributed by atoms with Gasteiger partial charge in [-0.2, -0.15) is 0 Å². The number of rotatable bonds is 3. The quantitative estimate of drug-likeness (QED) is 0.293. The molecule has 0 fully saturated rings. The van der Waals surface area contributed by atoms with Gasteiger partial charge in [0, 0.05) is 8.04 Å². The molecule has 0 N–H and O–H groups in total. The lowest BCUT2D eigenvalue weighted by atomic mass is 10.0. The smallest absolute Gasteiger partial charge is 0.0254 e. The van der Waals surface area contributed by atoms with Crippen molar-refractivity contribution in [2.45, 2.75) is 0 Å². The first-order chi connectivity index (χ1) is 10.7. The predicted octanol–water partition coefficient (Wildman–Crippen LogP) is 6.93. The SMILES string of the molecule is Brc1ccc(/C=C/C=C/c2ccc(I)cc2)c2ccccc12. The van der Waals surface area contributed by atoms with Crippen molar-refractivity contribution in [1.82, 2.24) is 0 Å². The molecule has 0 atom stereocenters. The van der Waals surface area contributed by atoms with Gasteiger partial charge in [-0.1, -0.05) is 82.7 Å².